The Bertz CT molecular complexity index is 3500. The van der Waals surface area contributed by atoms with Crippen LogP contribution in [0, 0.1) is 19.3 Å². The summed E-state index contributed by atoms with van der Waals surface area (Å²) >= 11 is 1.81. The van der Waals surface area contributed by atoms with Gasteiger partial charge in [-0.3, -0.25) is 5.41 Å². The maximum atomic E-state index is 8.17. The average molecular weight is 806 g/mol. The molecular formula is C54H39N5OS. The standard InChI is InChI=1S/C39H27N3S.C15H12N2O/c1-4-27-24(3)28-13-8-9-14-29(28)30-19-18-26(22-32(27)30)38-40-37(25-11-6-5-7-12-25)41-39(42-38)31-15-10-16-35-36(31)33-21-23(2)17-20-34(33)43-35;16-13(10-6-2-1-3-7-10)15-14(17)11-8-4-5-9-12(11)18-15/h4-22H,1H2,2-3H3;1-9,16H,17H2. The van der Waals surface area contributed by atoms with E-state index in [1.165, 1.54) is 47.5 Å². The highest BCUT2D eigenvalue weighted by Crippen LogP contribution is 2.41. The number of nitrogens with two attached hydrogens (primary N) is 1. The van der Waals surface area contributed by atoms with Crippen molar-refractivity contribution in [3.05, 3.63) is 198 Å². The third kappa shape index (κ3) is 6.71. The summed E-state index contributed by atoms with van der Waals surface area (Å²) in [7, 11) is 0. The highest BCUT2D eigenvalue weighted by Gasteiger charge is 2.19. The normalized spacial score (nSPS) is 11.3. The molecule has 6 nitrogen and oxygen atoms in total. The second-order valence-corrected chi connectivity index (χ2v) is 16.2. The predicted molar refractivity (Wildman–Crippen MR) is 257 cm³/mol. The number of aryl methyl sites for hydroxylation is 2. The third-order valence-corrected chi connectivity index (χ3v) is 12.4. The highest BCUT2D eigenvalue weighted by atomic mass is 32.1. The Balaban J connectivity index is 0.000000206. The van der Waals surface area contributed by atoms with E-state index in [0.717, 1.165) is 38.6 Å². The number of nitrogens with one attached hydrogen (secondary N) is 1. The van der Waals surface area contributed by atoms with Crippen molar-refractivity contribution in [3.63, 3.8) is 0 Å². The van der Waals surface area contributed by atoms with Crippen molar-refractivity contribution in [1.82, 2.24) is 15.0 Å². The number of benzene rings is 8. The van der Waals surface area contributed by atoms with Gasteiger partial charge in [0.2, 0.25) is 0 Å². The van der Waals surface area contributed by atoms with Gasteiger partial charge in [-0.2, -0.15) is 0 Å². The number of thiophene rings is 1. The summed E-state index contributed by atoms with van der Waals surface area (Å²) in [5, 5.41) is 16.3. The van der Waals surface area contributed by atoms with Crippen molar-refractivity contribution in [2.45, 2.75) is 13.8 Å². The van der Waals surface area contributed by atoms with Gasteiger partial charge in [0.1, 0.15) is 11.3 Å². The molecule has 292 valence electrons. The fourth-order valence-corrected chi connectivity index (χ4v) is 9.36. The van der Waals surface area contributed by atoms with Crippen LogP contribution in [0.1, 0.15) is 28.0 Å². The lowest BCUT2D eigenvalue weighted by Gasteiger charge is -2.14. The van der Waals surface area contributed by atoms with Crippen molar-refractivity contribution in [2.24, 2.45) is 0 Å². The van der Waals surface area contributed by atoms with Crippen molar-refractivity contribution in [3.8, 4) is 34.2 Å². The van der Waals surface area contributed by atoms with Crippen LogP contribution in [0.3, 0.4) is 0 Å². The zero-order valence-corrected chi connectivity index (χ0v) is 34.4. The van der Waals surface area contributed by atoms with Gasteiger partial charge in [-0.15, -0.1) is 11.3 Å². The number of furan rings is 1. The molecule has 3 N–H and O–H groups in total. The van der Waals surface area contributed by atoms with Crippen molar-refractivity contribution in [1.29, 1.82) is 5.41 Å². The topological polar surface area (TPSA) is 102 Å². The van der Waals surface area contributed by atoms with Crippen molar-refractivity contribution >= 4 is 81.5 Å². The van der Waals surface area contributed by atoms with Crippen molar-refractivity contribution < 1.29 is 4.42 Å². The molecule has 0 aliphatic carbocycles. The molecule has 11 rings (SSSR count). The molecular weight excluding hydrogens is 767 g/mol. The molecule has 0 unspecified atom stereocenters. The number of nitrogen functional groups attached to an aromatic ring is 1. The molecule has 0 fully saturated rings. The number of hydrogen-bond donors (Lipinski definition) is 2. The van der Waals surface area contributed by atoms with E-state index in [-0.39, 0.29) is 0 Å². The smallest absolute Gasteiger partial charge is 0.176 e. The molecule has 8 aromatic carbocycles. The Kier molecular flexibility index (Phi) is 9.51. The first kappa shape index (κ1) is 37.5. The first-order valence-corrected chi connectivity index (χ1v) is 20.9. The Morgan fingerprint density at radius 3 is 2.00 bits per heavy atom. The fraction of sp³-hybridized carbons (Fsp3) is 0.0370. The quantitative estimate of drug-likeness (QED) is 0.129. The Labute approximate surface area is 356 Å². The third-order valence-electron chi connectivity index (χ3n) is 11.3. The number of nitrogens with zero attached hydrogens (tertiary/aromatic N) is 3. The lowest BCUT2D eigenvalue weighted by Crippen LogP contribution is -2.02. The van der Waals surface area contributed by atoms with Gasteiger partial charge in [-0.05, 0) is 82.9 Å². The number of fused-ring (bicyclic) bond motifs is 7. The zero-order valence-electron chi connectivity index (χ0n) is 33.6. The molecule has 11 aromatic rings. The van der Waals surface area contributed by atoms with Crippen LogP contribution in [-0.2, 0) is 0 Å². The second-order valence-electron chi connectivity index (χ2n) is 15.1. The van der Waals surface area contributed by atoms with Crippen LogP contribution < -0.4 is 5.73 Å². The Morgan fingerprint density at radius 2 is 1.25 bits per heavy atom. The number of para-hydroxylation sites is 1. The van der Waals surface area contributed by atoms with Crippen LogP contribution in [0.15, 0.2) is 175 Å². The summed E-state index contributed by atoms with van der Waals surface area (Å²) < 4.78 is 8.16. The average Bonchev–Trinajstić information content (AvgIpc) is 3.86. The molecule has 3 heterocycles. The van der Waals surface area contributed by atoms with E-state index >= 15 is 0 Å². The highest BCUT2D eigenvalue weighted by molar-refractivity contribution is 7.25. The largest absolute Gasteiger partial charge is 0.452 e. The van der Waals surface area contributed by atoms with Crippen LogP contribution in [0.2, 0.25) is 0 Å². The summed E-state index contributed by atoms with van der Waals surface area (Å²) in [6.07, 6.45) is 1.96. The molecule has 0 atom stereocenters. The van der Waals surface area contributed by atoms with E-state index < -0.39 is 0 Å². The Hall–Kier alpha value is -7.74. The van der Waals surface area contributed by atoms with Crippen LogP contribution in [0.4, 0.5) is 5.69 Å². The van der Waals surface area contributed by atoms with Crippen LogP contribution in [0.25, 0.3) is 92.9 Å². The fourth-order valence-electron chi connectivity index (χ4n) is 8.25. The van der Waals surface area contributed by atoms with Crippen LogP contribution in [-0.4, -0.2) is 20.7 Å². The molecule has 61 heavy (non-hydrogen) atoms. The molecule has 0 saturated carbocycles. The molecule has 0 aliphatic rings. The van der Waals surface area contributed by atoms with E-state index in [9.17, 15) is 0 Å². The minimum Gasteiger partial charge on any atom is -0.452 e. The lowest BCUT2D eigenvalue weighted by molar-refractivity contribution is 0.606. The van der Waals surface area contributed by atoms with Crippen molar-refractivity contribution in [2.75, 3.05) is 5.73 Å². The van der Waals surface area contributed by atoms with Gasteiger partial charge >= 0.3 is 0 Å². The van der Waals surface area contributed by atoms with Gasteiger partial charge in [-0.25, -0.2) is 15.0 Å². The van der Waals surface area contributed by atoms with Gasteiger partial charge in [0, 0.05) is 47.8 Å². The molecule has 0 radical (unpaired) electrons. The monoisotopic (exact) mass is 805 g/mol. The minimum absolute atomic E-state index is 0.310. The first-order valence-electron chi connectivity index (χ1n) is 20.1. The number of hydrogen-bond acceptors (Lipinski definition) is 7. The molecule has 0 saturated heterocycles. The number of aromatic nitrogens is 3. The summed E-state index contributed by atoms with van der Waals surface area (Å²) in [5.41, 5.74) is 14.9. The number of anilines is 1. The second kappa shape index (κ2) is 15.5. The molecule has 0 spiro atoms. The van der Waals surface area contributed by atoms with E-state index in [1.54, 1.807) is 0 Å². The summed E-state index contributed by atoms with van der Waals surface area (Å²) in [6.45, 7) is 8.49. The summed E-state index contributed by atoms with van der Waals surface area (Å²) in [5.74, 6) is 2.42. The maximum absolute atomic E-state index is 8.17. The van der Waals surface area contributed by atoms with E-state index in [0.29, 0.717) is 40.2 Å². The molecule has 3 aromatic heterocycles. The molecule has 7 heteroatoms. The summed E-state index contributed by atoms with van der Waals surface area (Å²) in [4.78, 5) is 15.3. The van der Waals surface area contributed by atoms with E-state index in [4.69, 9.17) is 30.5 Å². The SMILES string of the molecule is C=Cc1c(C)c2ccccc2c2ccc(-c3nc(-c4ccccc4)nc(-c4cccc5sc6ccc(C)cc6c45)n3)cc12.N=C(c1ccccc1)c1oc2ccccc2c1N. The lowest BCUT2D eigenvalue weighted by atomic mass is 9.91. The molecule has 0 bridgehead atoms. The van der Waals surface area contributed by atoms with Gasteiger partial charge in [0.25, 0.3) is 0 Å². The van der Waals surface area contributed by atoms with Gasteiger partial charge in [0.05, 0.1) is 5.69 Å². The van der Waals surface area contributed by atoms with Crippen LogP contribution in [0.5, 0.6) is 0 Å². The minimum atomic E-state index is 0.310. The summed E-state index contributed by atoms with van der Waals surface area (Å²) in [6, 6.07) is 55.4. The number of rotatable bonds is 6. The van der Waals surface area contributed by atoms with Crippen LogP contribution >= 0.6 is 11.3 Å². The Morgan fingerprint density at radius 1 is 0.590 bits per heavy atom. The van der Waals surface area contributed by atoms with Gasteiger partial charge in [-0.1, -0.05) is 146 Å². The van der Waals surface area contributed by atoms with E-state index in [2.05, 4.69) is 111 Å². The molecule has 0 aliphatic heterocycles. The molecule has 0 amide bonds. The first-order chi connectivity index (χ1) is 29.9. The zero-order chi connectivity index (χ0) is 41.6. The maximum Gasteiger partial charge on any atom is 0.176 e. The van der Waals surface area contributed by atoms with Gasteiger partial charge < -0.3 is 10.2 Å². The predicted octanol–water partition coefficient (Wildman–Crippen LogP) is 14.2. The van der Waals surface area contributed by atoms with E-state index in [1.807, 2.05) is 90.2 Å². The van der Waals surface area contributed by atoms with Gasteiger partial charge in [0.15, 0.2) is 23.2 Å².